The Hall–Kier alpha value is -2.57. The van der Waals surface area contributed by atoms with Crippen LogP contribution in [0.3, 0.4) is 0 Å². The van der Waals surface area contributed by atoms with Crippen LogP contribution in [0.5, 0.6) is 0 Å². The molecule has 0 unspecified atom stereocenters. The summed E-state index contributed by atoms with van der Waals surface area (Å²) in [5.74, 6) is -1.61. The van der Waals surface area contributed by atoms with Crippen molar-refractivity contribution < 1.29 is 14.7 Å². The molecule has 27 heavy (non-hydrogen) atoms. The SMILES string of the molecule is Cc1c(Cl)cccc1NC(=O)C(=O)NC[C@H](O)c1ccc2c(c1)CCN2C. The number of fused-ring (bicyclic) bond motifs is 1. The number of hydrogen-bond acceptors (Lipinski definition) is 4. The molecule has 1 heterocycles. The molecule has 1 atom stereocenters. The smallest absolute Gasteiger partial charge is 0.313 e. The van der Waals surface area contributed by atoms with E-state index in [1.807, 2.05) is 25.2 Å². The Kier molecular flexibility index (Phi) is 5.68. The number of hydrogen-bond donors (Lipinski definition) is 3. The largest absolute Gasteiger partial charge is 0.387 e. The first-order chi connectivity index (χ1) is 12.9. The minimum Gasteiger partial charge on any atom is -0.387 e. The molecule has 1 aliphatic rings. The zero-order chi connectivity index (χ0) is 19.6. The van der Waals surface area contributed by atoms with Gasteiger partial charge in [0, 0.05) is 36.5 Å². The maximum atomic E-state index is 12.1. The molecular formula is C20H22ClN3O3. The number of amides is 2. The number of aliphatic hydroxyl groups excluding tert-OH is 1. The van der Waals surface area contributed by atoms with Gasteiger partial charge < -0.3 is 20.6 Å². The highest BCUT2D eigenvalue weighted by Gasteiger charge is 2.20. The third-order valence-corrected chi connectivity index (χ3v) is 5.20. The average Bonchev–Trinajstić information content (AvgIpc) is 3.03. The van der Waals surface area contributed by atoms with E-state index < -0.39 is 17.9 Å². The van der Waals surface area contributed by atoms with Gasteiger partial charge in [-0.3, -0.25) is 9.59 Å². The first-order valence-electron chi connectivity index (χ1n) is 8.73. The van der Waals surface area contributed by atoms with E-state index in [0.717, 1.165) is 24.2 Å². The predicted molar refractivity (Wildman–Crippen MR) is 106 cm³/mol. The number of nitrogens with one attached hydrogen (secondary N) is 2. The number of benzene rings is 2. The first-order valence-corrected chi connectivity index (χ1v) is 9.11. The zero-order valence-electron chi connectivity index (χ0n) is 15.3. The van der Waals surface area contributed by atoms with E-state index in [0.29, 0.717) is 16.3 Å². The third-order valence-electron chi connectivity index (χ3n) is 4.79. The summed E-state index contributed by atoms with van der Waals surface area (Å²) in [5, 5.41) is 15.8. The van der Waals surface area contributed by atoms with Crippen LogP contribution in [0, 0.1) is 6.92 Å². The summed E-state index contributed by atoms with van der Waals surface area (Å²) in [7, 11) is 2.03. The van der Waals surface area contributed by atoms with Gasteiger partial charge >= 0.3 is 11.8 Å². The zero-order valence-corrected chi connectivity index (χ0v) is 16.0. The molecule has 0 aromatic heterocycles. The van der Waals surface area contributed by atoms with Gasteiger partial charge in [-0.25, -0.2) is 0 Å². The van der Waals surface area contributed by atoms with E-state index in [1.165, 1.54) is 5.56 Å². The van der Waals surface area contributed by atoms with Crippen molar-refractivity contribution in [2.24, 2.45) is 0 Å². The molecule has 7 heteroatoms. The molecule has 6 nitrogen and oxygen atoms in total. The number of carbonyl (C=O) groups excluding carboxylic acids is 2. The Bertz CT molecular complexity index is 885. The van der Waals surface area contributed by atoms with Gasteiger partial charge in [0.25, 0.3) is 0 Å². The van der Waals surface area contributed by atoms with Crippen molar-refractivity contribution in [1.82, 2.24) is 5.32 Å². The standard InChI is InChI=1S/C20H22ClN3O3/c1-12-15(21)4-3-5-16(12)23-20(27)19(26)22-11-18(25)14-6-7-17-13(10-14)8-9-24(17)2/h3-7,10,18,25H,8-9,11H2,1-2H3,(H,22,26)(H,23,27)/t18-/m0/s1. The van der Waals surface area contributed by atoms with Crippen LogP contribution >= 0.6 is 11.6 Å². The van der Waals surface area contributed by atoms with Crippen LogP contribution in [0.1, 0.15) is 22.8 Å². The lowest BCUT2D eigenvalue weighted by molar-refractivity contribution is -0.136. The van der Waals surface area contributed by atoms with Crippen molar-refractivity contribution in [3.8, 4) is 0 Å². The van der Waals surface area contributed by atoms with E-state index in [-0.39, 0.29) is 6.54 Å². The number of likely N-dealkylation sites (N-methyl/N-ethyl adjacent to an activating group) is 1. The Labute approximate surface area is 163 Å². The van der Waals surface area contributed by atoms with Crippen LogP contribution in [0.4, 0.5) is 11.4 Å². The van der Waals surface area contributed by atoms with Gasteiger partial charge in [0.05, 0.1) is 6.10 Å². The minimum atomic E-state index is -0.883. The van der Waals surface area contributed by atoms with Gasteiger partial charge in [-0.2, -0.15) is 0 Å². The number of nitrogens with zero attached hydrogens (tertiary/aromatic N) is 1. The molecule has 0 aliphatic carbocycles. The van der Waals surface area contributed by atoms with Gasteiger partial charge in [-0.1, -0.05) is 29.8 Å². The van der Waals surface area contributed by atoms with Gasteiger partial charge in [-0.05, 0) is 48.2 Å². The quantitative estimate of drug-likeness (QED) is 0.704. The van der Waals surface area contributed by atoms with E-state index in [9.17, 15) is 14.7 Å². The summed E-state index contributed by atoms with van der Waals surface area (Å²) in [4.78, 5) is 26.3. The Morgan fingerprint density at radius 2 is 2.04 bits per heavy atom. The molecule has 0 spiro atoms. The molecule has 2 amide bonds. The summed E-state index contributed by atoms with van der Waals surface area (Å²) >= 11 is 6.01. The molecule has 1 aliphatic heterocycles. The van der Waals surface area contributed by atoms with Gasteiger partial charge in [-0.15, -0.1) is 0 Å². The summed E-state index contributed by atoms with van der Waals surface area (Å²) in [5.41, 5.74) is 4.21. The number of carbonyl (C=O) groups is 2. The molecule has 3 rings (SSSR count). The monoisotopic (exact) mass is 387 g/mol. The normalized spacial score (nSPS) is 13.9. The maximum Gasteiger partial charge on any atom is 0.313 e. The number of anilines is 2. The second kappa shape index (κ2) is 7.98. The molecule has 2 aromatic carbocycles. The van der Waals surface area contributed by atoms with Gasteiger partial charge in [0.2, 0.25) is 0 Å². The van der Waals surface area contributed by atoms with E-state index in [1.54, 1.807) is 25.1 Å². The lowest BCUT2D eigenvalue weighted by Gasteiger charge is -2.15. The molecule has 142 valence electrons. The molecule has 3 N–H and O–H groups in total. The highest BCUT2D eigenvalue weighted by molar-refractivity contribution is 6.40. The predicted octanol–water partition coefficient (Wildman–Crippen LogP) is 2.43. The van der Waals surface area contributed by atoms with Crippen molar-refractivity contribution in [3.05, 3.63) is 58.1 Å². The highest BCUT2D eigenvalue weighted by Crippen LogP contribution is 2.29. The lowest BCUT2D eigenvalue weighted by atomic mass is 10.0. The van der Waals surface area contributed by atoms with Gasteiger partial charge in [0.1, 0.15) is 0 Å². The number of rotatable bonds is 4. The molecule has 0 fully saturated rings. The van der Waals surface area contributed by atoms with Crippen molar-refractivity contribution in [1.29, 1.82) is 0 Å². The second-order valence-electron chi connectivity index (χ2n) is 6.65. The molecule has 0 bridgehead atoms. The Morgan fingerprint density at radius 3 is 2.81 bits per heavy atom. The summed E-state index contributed by atoms with van der Waals surface area (Å²) in [6.07, 6.45) is 0.0472. The molecule has 2 aromatic rings. The van der Waals surface area contributed by atoms with Crippen LogP contribution in [-0.2, 0) is 16.0 Å². The van der Waals surface area contributed by atoms with Crippen LogP contribution in [0.2, 0.25) is 5.02 Å². The summed E-state index contributed by atoms with van der Waals surface area (Å²) in [6.45, 7) is 2.66. The third kappa shape index (κ3) is 4.23. The van der Waals surface area contributed by atoms with Crippen LogP contribution in [0.15, 0.2) is 36.4 Å². The topological polar surface area (TPSA) is 81.7 Å². The second-order valence-corrected chi connectivity index (χ2v) is 7.06. The summed E-state index contributed by atoms with van der Waals surface area (Å²) in [6, 6.07) is 10.8. The van der Waals surface area contributed by atoms with Crippen LogP contribution < -0.4 is 15.5 Å². The Morgan fingerprint density at radius 1 is 1.26 bits per heavy atom. The molecule has 0 radical (unpaired) electrons. The van der Waals surface area contributed by atoms with E-state index in [4.69, 9.17) is 11.6 Å². The van der Waals surface area contributed by atoms with Crippen molar-refractivity contribution in [2.45, 2.75) is 19.4 Å². The highest BCUT2D eigenvalue weighted by atomic mass is 35.5. The minimum absolute atomic E-state index is 0.0462. The fourth-order valence-electron chi connectivity index (χ4n) is 3.10. The number of halogens is 1. The molecule has 0 saturated carbocycles. The fraction of sp³-hybridized carbons (Fsp3) is 0.300. The Balaban J connectivity index is 1.57. The number of aliphatic hydroxyl groups is 1. The fourth-order valence-corrected chi connectivity index (χ4v) is 3.28. The van der Waals surface area contributed by atoms with Gasteiger partial charge in [0.15, 0.2) is 0 Å². The van der Waals surface area contributed by atoms with Crippen LogP contribution in [0.25, 0.3) is 0 Å². The van der Waals surface area contributed by atoms with Crippen molar-refractivity contribution in [3.63, 3.8) is 0 Å². The molecular weight excluding hydrogens is 366 g/mol. The van der Waals surface area contributed by atoms with Crippen molar-refractivity contribution >= 4 is 34.8 Å². The lowest BCUT2D eigenvalue weighted by Crippen LogP contribution is -2.37. The average molecular weight is 388 g/mol. The van der Waals surface area contributed by atoms with Crippen molar-refractivity contribution in [2.75, 3.05) is 30.4 Å². The van der Waals surface area contributed by atoms with Crippen LogP contribution in [-0.4, -0.2) is 37.1 Å². The maximum absolute atomic E-state index is 12.1. The van der Waals surface area contributed by atoms with E-state index >= 15 is 0 Å². The summed E-state index contributed by atoms with van der Waals surface area (Å²) < 4.78 is 0. The molecule has 0 saturated heterocycles. The van der Waals surface area contributed by atoms with E-state index in [2.05, 4.69) is 15.5 Å². The first kappa shape index (κ1) is 19.2.